The van der Waals surface area contributed by atoms with Crippen LogP contribution in [0.4, 0.5) is 11.4 Å². The number of anilines is 1. The molecule has 1 aliphatic heterocycles. The standard InChI is InChI=1S/C22H22ClN3O2S.HI/c23-16-8-7-9-17(14-16)24-20-22(12-5-2-6-13-22)26(18-10-3-1-4-11-18)21(25-20)29-15-19(27)28;/h1,3-4,7-11,14H,2,5-6,12-13,15H2,(H,27,28);1H. The summed E-state index contributed by atoms with van der Waals surface area (Å²) in [4.78, 5) is 23.2. The summed E-state index contributed by atoms with van der Waals surface area (Å²) in [6.07, 6.45) is 5.23. The molecule has 0 amide bonds. The van der Waals surface area contributed by atoms with Crippen molar-refractivity contribution in [3.63, 3.8) is 0 Å². The molecule has 1 aliphatic carbocycles. The Kier molecular flexibility index (Phi) is 7.81. The fourth-order valence-corrected chi connectivity index (χ4v) is 5.06. The van der Waals surface area contributed by atoms with Crippen LogP contribution in [-0.2, 0) is 4.79 Å². The van der Waals surface area contributed by atoms with E-state index >= 15 is 0 Å². The summed E-state index contributed by atoms with van der Waals surface area (Å²) in [5, 5.41) is 10.6. The molecular weight excluding hydrogens is 533 g/mol. The van der Waals surface area contributed by atoms with Gasteiger partial charge in [-0.3, -0.25) is 4.79 Å². The van der Waals surface area contributed by atoms with Gasteiger partial charge >= 0.3 is 5.97 Å². The van der Waals surface area contributed by atoms with Crippen LogP contribution in [0.1, 0.15) is 32.1 Å². The maximum Gasteiger partial charge on any atom is 0.313 e. The zero-order valence-electron chi connectivity index (χ0n) is 16.3. The van der Waals surface area contributed by atoms with Gasteiger partial charge in [0, 0.05) is 10.7 Å². The largest absolute Gasteiger partial charge is 0.481 e. The summed E-state index contributed by atoms with van der Waals surface area (Å²) in [7, 11) is 0. The number of hydrogen-bond donors (Lipinski definition) is 1. The number of thioether (sulfide) groups is 1. The van der Waals surface area contributed by atoms with E-state index in [2.05, 4.69) is 17.0 Å². The molecule has 0 aromatic heterocycles. The minimum atomic E-state index is -0.858. The lowest BCUT2D eigenvalue weighted by Crippen LogP contribution is -2.52. The normalized spacial score (nSPS) is 18.9. The third-order valence-electron chi connectivity index (χ3n) is 5.30. The Bertz CT molecular complexity index is 962. The molecule has 30 heavy (non-hydrogen) atoms. The molecule has 0 bridgehead atoms. The fraction of sp³-hybridized carbons (Fsp3) is 0.318. The lowest BCUT2D eigenvalue weighted by atomic mass is 9.79. The van der Waals surface area contributed by atoms with E-state index in [4.69, 9.17) is 21.6 Å². The van der Waals surface area contributed by atoms with Crippen molar-refractivity contribution in [2.75, 3.05) is 10.7 Å². The third-order valence-corrected chi connectivity index (χ3v) is 6.46. The van der Waals surface area contributed by atoms with Crippen molar-refractivity contribution in [3.05, 3.63) is 59.6 Å². The van der Waals surface area contributed by atoms with Gasteiger partial charge in [0.1, 0.15) is 5.54 Å². The molecule has 1 spiro atoms. The van der Waals surface area contributed by atoms with Crippen LogP contribution < -0.4 is 4.90 Å². The average Bonchev–Trinajstić information content (AvgIpc) is 3.00. The molecule has 1 N–H and O–H groups in total. The molecule has 4 rings (SSSR count). The molecule has 5 nitrogen and oxygen atoms in total. The number of aliphatic carboxylic acids is 1. The minimum Gasteiger partial charge on any atom is -0.481 e. The maximum atomic E-state index is 11.2. The maximum absolute atomic E-state index is 11.2. The first-order valence-corrected chi connectivity index (χ1v) is 11.1. The van der Waals surface area contributed by atoms with Gasteiger partial charge in [0.05, 0.1) is 11.4 Å². The molecule has 0 radical (unpaired) electrons. The van der Waals surface area contributed by atoms with Gasteiger partial charge < -0.3 is 10.0 Å². The number of nitrogens with zero attached hydrogens (tertiary/aromatic N) is 3. The van der Waals surface area contributed by atoms with Crippen LogP contribution in [-0.4, -0.2) is 33.4 Å². The number of halogens is 2. The van der Waals surface area contributed by atoms with E-state index in [0.29, 0.717) is 10.2 Å². The lowest BCUT2D eigenvalue weighted by Gasteiger charge is -2.42. The highest BCUT2D eigenvalue weighted by molar-refractivity contribution is 14.0. The first-order chi connectivity index (χ1) is 14.1. The van der Waals surface area contributed by atoms with Gasteiger partial charge in [-0.25, -0.2) is 9.98 Å². The van der Waals surface area contributed by atoms with E-state index in [1.54, 1.807) is 0 Å². The number of carboxylic acids is 1. The van der Waals surface area contributed by atoms with Crippen LogP contribution in [0, 0.1) is 0 Å². The van der Waals surface area contributed by atoms with Crippen molar-refractivity contribution in [3.8, 4) is 0 Å². The molecule has 8 heteroatoms. The number of benzene rings is 2. The van der Waals surface area contributed by atoms with Gasteiger partial charge in [0.2, 0.25) is 0 Å². The summed E-state index contributed by atoms with van der Waals surface area (Å²) in [6.45, 7) is 0. The molecule has 2 aromatic carbocycles. The van der Waals surface area contributed by atoms with Crippen LogP contribution in [0.25, 0.3) is 0 Å². The Morgan fingerprint density at radius 2 is 1.87 bits per heavy atom. The van der Waals surface area contributed by atoms with Crippen molar-refractivity contribution in [2.45, 2.75) is 37.6 Å². The topological polar surface area (TPSA) is 65.3 Å². The first kappa shape index (κ1) is 23.1. The molecule has 2 aromatic rings. The first-order valence-electron chi connectivity index (χ1n) is 9.72. The number of aliphatic imine (C=N–C) groups is 2. The van der Waals surface area contributed by atoms with Gasteiger partial charge in [0.25, 0.3) is 0 Å². The second-order valence-electron chi connectivity index (χ2n) is 7.26. The van der Waals surface area contributed by atoms with E-state index in [1.165, 1.54) is 18.2 Å². The summed E-state index contributed by atoms with van der Waals surface area (Å²) in [5.74, 6) is -0.150. The molecule has 1 saturated carbocycles. The SMILES string of the molecule is I.O=C(O)CSC1=NC(=Nc2cccc(Cl)c2)C2(CCCCC2)N1c1ccccc1. The zero-order chi connectivity index (χ0) is 20.3. The molecular formula is C22H23ClIN3O2S. The summed E-state index contributed by atoms with van der Waals surface area (Å²) >= 11 is 7.41. The molecule has 1 heterocycles. The van der Waals surface area contributed by atoms with Crippen LogP contribution in [0.3, 0.4) is 0 Å². The van der Waals surface area contributed by atoms with Crippen LogP contribution >= 0.6 is 47.3 Å². The number of rotatable bonds is 4. The van der Waals surface area contributed by atoms with Gasteiger partial charge in [-0.2, -0.15) is 0 Å². The summed E-state index contributed by atoms with van der Waals surface area (Å²) in [5.41, 5.74) is 1.42. The Hall–Kier alpha value is -1.58. The van der Waals surface area contributed by atoms with Gasteiger partial charge in [-0.1, -0.05) is 66.9 Å². The predicted molar refractivity (Wildman–Crippen MR) is 136 cm³/mol. The summed E-state index contributed by atoms with van der Waals surface area (Å²) < 4.78 is 0. The Labute approximate surface area is 202 Å². The highest BCUT2D eigenvalue weighted by atomic mass is 127. The van der Waals surface area contributed by atoms with E-state index in [-0.39, 0.29) is 35.3 Å². The van der Waals surface area contributed by atoms with Crippen LogP contribution in [0.5, 0.6) is 0 Å². The van der Waals surface area contributed by atoms with Crippen molar-refractivity contribution in [2.24, 2.45) is 9.98 Å². The molecule has 0 atom stereocenters. The van der Waals surface area contributed by atoms with Gasteiger partial charge in [-0.05, 0) is 43.2 Å². The van der Waals surface area contributed by atoms with Crippen molar-refractivity contribution in [1.82, 2.24) is 0 Å². The molecule has 158 valence electrons. The molecule has 0 unspecified atom stereocenters. The monoisotopic (exact) mass is 555 g/mol. The molecule has 2 aliphatic rings. The van der Waals surface area contributed by atoms with Crippen molar-refractivity contribution in [1.29, 1.82) is 0 Å². The van der Waals surface area contributed by atoms with E-state index in [1.807, 2.05) is 42.5 Å². The number of carboxylic acid groups (broad SMARTS) is 1. The fourth-order valence-electron chi connectivity index (χ4n) is 4.07. The molecule has 0 saturated heterocycles. The zero-order valence-corrected chi connectivity index (χ0v) is 20.2. The quantitative estimate of drug-likeness (QED) is 0.444. The number of hydrogen-bond acceptors (Lipinski definition) is 4. The second-order valence-corrected chi connectivity index (χ2v) is 8.63. The Balaban J connectivity index is 0.00000256. The van der Waals surface area contributed by atoms with Crippen LogP contribution in [0.2, 0.25) is 5.02 Å². The second kappa shape index (κ2) is 10.2. The lowest BCUT2D eigenvalue weighted by molar-refractivity contribution is -0.133. The summed E-state index contributed by atoms with van der Waals surface area (Å²) in [6, 6.07) is 17.5. The Morgan fingerprint density at radius 3 is 2.53 bits per heavy atom. The van der Waals surface area contributed by atoms with Gasteiger partial charge in [0.15, 0.2) is 11.0 Å². The van der Waals surface area contributed by atoms with Crippen molar-refractivity contribution < 1.29 is 9.90 Å². The third kappa shape index (κ3) is 4.84. The number of carbonyl (C=O) groups is 1. The van der Waals surface area contributed by atoms with Crippen molar-refractivity contribution >= 4 is 75.7 Å². The van der Waals surface area contributed by atoms with E-state index < -0.39 is 5.97 Å². The Morgan fingerprint density at radius 1 is 1.13 bits per heavy atom. The highest BCUT2D eigenvalue weighted by Gasteiger charge is 2.49. The van der Waals surface area contributed by atoms with E-state index in [9.17, 15) is 9.90 Å². The number of para-hydroxylation sites is 1. The van der Waals surface area contributed by atoms with Crippen LogP contribution in [0.15, 0.2) is 64.6 Å². The predicted octanol–water partition coefficient (Wildman–Crippen LogP) is 6.38. The van der Waals surface area contributed by atoms with E-state index in [0.717, 1.165) is 42.9 Å². The average molecular weight is 556 g/mol. The minimum absolute atomic E-state index is 0. The highest BCUT2D eigenvalue weighted by Crippen LogP contribution is 2.44. The molecule has 1 fully saturated rings. The smallest absolute Gasteiger partial charge is 0.313 e. The number of amidine groups is 2. The van der Waals surface area contributed by atoms with Gasteiger partial charge in [-0.15, -0.1) is 24.0 Å².